The number of benzene rings is 2. The van der Waals surface area contributed by atoms with Crippen molar-refractivity contribution in [3.05, 3.63) is 65.0 Å². The second-order valence-electron chi connectivity index (χ2n) is 4.28. The van der Waals surface area contributed by atoms with Crippen molar-refractivity contribution in [1.82, 2.24) is 0 Å². The van der Waals surface area contributed by atoms with Gasteiger partial charge in [-0.05, 0) is 55.3 Å². The Balaban J connectivity index is 2.21. The van der Waals surface area contributed by atoms with Gasteiger partial charge in [0.2, 0.25) is 0 Å². The van der Waals surface area contributed by atoms with Gasteiger partial charge in [0, 0.05) is 11.3 Å². The molecule has 2 aromatic rings. The van der Waals surface area contributed by atoms with E-state index in [2.05, 4.69) is 5.32 Å². The topological polar surface area (TPSA) is 29.1 Å². The van der Waals surface area contributed by atoms with Gasteiger partial charge in [-0.1, -0.05) is 12.1 Å². The van der Waals surface area contributed by atoms with E-state index in [0.717, 1.165) is 16.8 Å². The molecule has 2 aromatic carbocycles. The number of halogens is 1. The molecule has 1 amide bonds. The highest BCUT2D eigenvalue weighted by atomic mass is 19.1. The summed E-state index contributed by atoms with van der Waals surface area (Å²) in [7, 11) is 0. The van der Waals surface area contributed by atoms with Gasteiger partial charge in [0.1, 0.15) is 5.82 Å². The zero-order valence-electron chi connectivity index (χ0n) is 10.3. The first kappa shape index (κ1) is 12.3. The molecule has 0 saturated carbocycles. The molecule has 0 atom stereocenters. The van der Waals surface area contributed by atoms with Crippen LogP contribution in [0.4, 0.5) is 10.1 Å². The smallest absolute Gasteiger partial charge is 0.255 e. The molecule has 1 N–H and O–H groups in total. The first-order chi connectivity index (χ1) is 8.56. The summed E-state index contributed by atoms with van der Waals surface area (Å²) in [6.45, 7) is 3.90. The SMILES string of the molecule is Cc1ccc(C)c(NC(=O)c2ccc(F)cc2)c1. The highest BCUT2D eigenvalue weighted by molar-refractivity contribution is 6.04. The van der Waals surface area contributed by atoms with Crippen LogP contribution in [0.1, 0.15) is 21.5 Å². The average Bonchev–Trinajstić information content (AvgIpc) is 2.34. The van der Waals surface area contributed by atoms with Crippen molar-refractivity contribution in [2.24, 2.45) is 0 Å². The largest absolute Gasteiger partial charge is 0.322 e. The Kier molecular flexibility index (Phi) is 3.42. The molecule has 0 aliphatic carbocycles. The van der Waals surface area contributed by atoms with Crippen molar-refractivity contribution in [3.63, 3.8) is 0 Å². The van der Waals surface area contributed by atoms with Crippen molar-refractivity contribution in [2.45, 2.75) is 13.8 Å². The number of hydrogen-bond donors (Lipinski definition) is 1. The molecule has 0 radical (unpaired) electrons. The summed E-state index contributed by atoms with van der Waals surface area (Å²) in [4.78, 5) is 12.0. The third-order valence-electron chi connectivity index (χ3n) is 2.75. The van der Waals surface area contributed by atoms with E-state index in [1.165, 1.54) is 24.3 Å². The first-order valence-corrected chi connectivity index (χ1v) is 5.70. The maximum atomic E-state index is 12.8. The van der Waals surface area contributed by atoms with Crippen molar-refractivity contribution < 1.29 is 9.18 Å². The number of rotatable bonds is 2. The third kappa shape index (κ3) is 2.74. The minimum absolute atomic E-state index is 0.233. The second-order valence-corrected chi connectivity index (χ2v) is 4.28. The van der Waals surface area contributed by atoms with Crippen molar-refractivity contribution in [1.29, 1.82) is 0 Å². The van der Waals surface area contributed by atoms with E-state index in [4.69, 9.17) is 0 Å². The van der Waals surface area contributed by atoms with Crippen molar-refractivity contribution in [2.75, 3.05) is 5.32 Å². The zero-order chi connectivity index (χ0) is 13.1. The maximum absolute atomic E-state index is 12.8. The Hall–Kier alpha value is -2.16. The van der Waals surface area contributed by atoms with E-state index in [0.29, 0.717) is 5.56 Å². The fourth-order valence-electron chi connectivity index (χ4n) is 1.67. The van der Waals surface area contributed by atoms with E-state index in [1.54, 1.807) is 0 Å². The van der Waals surface area contributed by atoms with Gasteiger partial charge >= 0.3 is 0 Å². The highest BCUT2D eigenvalue weighted by Gasteiger charge is 2.07. The van der Waals surface area contributed by atoms with Crippen LogP contribution in [0.25, 0.3) is 0 Å². The van der Waals surface area contributed by atoms with Gasteiger partial charge in [-0.25, -0.2) is 4.39 Å². The first-order valence-electron chi connectivity index (χ1n) is 5.70. The van der Waals surface area contributed by atoms with E-state index in [-0.39, 0.29) is 11.7 Å². The van der Waals surface area contributed by atoms with Gasteiger partial charge in [-0.15, -0.1) is 0 Å². The lowest BCUT2D eigenvalue weighted by atomic mass is 10.1. The summed E-state index contributed by atoms with van der Waals surface area (Å²) in [6.07, 6.45) is 0. The highest BCUT2D eigenvalue weighted by Crippen LogP contribution is 2.17. The van der Waals surface area contributed by atoms with E-state index in [9.17, 15) is 9.18 Å². The minimum Gasteiger partial charge on any atom is -0.322 e. The van der Waals surface area contributed by atoms with Gasteiger partial charge in [0.15, 0.2) is 0 Å². The van der Waals surface area contributed by atoms with Crippen LogP contribution in [0.5, 0.6) is 0 Å². The molecule has 92 valence electrons. The lowest BCUT2D eigenvalue weighted by Gasteiger charge is -2.09. The molecule has 0 aliphatic heterocycles. The summed E-state index contributed by atoms with van der Waals surface area (Å²) in [5.41, 5.74) is 3.30. The molecule has 0 bridgehead atoms. The summed E-state index contributed by atoms with van der Waals surface area (Å²) in [5.74, 6) is -0.581. The number of carbonyl (C=O) groups excluding carboxylic acids is 1. The molecule has 0 saturated heterocycles. The van der Waals surface area contributed by atoms with Crippen LogP contribution in [0, 0.1) is 19.7 Å². The molecule has 3 heteroatoms. The lowest BCUT2D eigenvalue weighted by Crippen LogP contribution is -2.12. The minimum atomic E-state index is -0.349. The summed E-state index contributed by atoms with van der Waals surface area (Å²) < 4.78 is 12.8. The Morgan fingerprint density at radius 2 is 1.72 bits per heavy atom. The predicted molar refractivity (Wildman–Crippen MR) is 70.3 cm³/mol. The van der Waals surface area contributed by atoms with Crippen molar-refractivity contribution in [3.8, 4) is 0 Å². The molecule has 0 fully saturated rings. The van der Waals surface area contributed by atoms with Crippen LogP contribution in [-0.2, 0) is 0 Å². The Bertz CT molecular complexity index is 576. The van der Waals surface area contributed by atoms with Crippen LogP contribution < -0.4 is 5.32 Å². The fourth-order valence-corrected chi connectivity index (χ4v) is 1.67. The summed E-state index contributed by atoms with van der Waals surface area (Å²) in [5, 5.41) is 2.83. The van der Waals surface area contributed by atoms with Gasteiger partial charge in [-0.2, -0.15) is 0 Å². The van der Waals surface area contributed by atoms with Crippen LogP contribution in [0.15, 0.2) is 42.5 Å². The number of anilines is 1. The van der Waals surface area contributed by atoms with E-state index in [1.807, 2.05) is 32.0 Å². The Morgan fingerprint density at radius 1 is 1.06 bits per heavy atom. The average molecular weight is 243 g/mol. The van der Waals surface area contributed by atoms with Crippen LogP contribution in [0.3, 0.4) is 0 Å². The molecule has 0 unspecified atom stereocenters. The predicted octanol–water partition coefficient (Wildman–Crippen LogP) is 3.69. The lowest BCUT2D eigenvalue weighted by molar-refractivity contribution is 0.102. The summed E-state index contributed by atoms with van der Waals surface area (Å²) in [6, 6.07) is 11.3. The van der Waals surface area contributed by atoms with E-state index < -0.39 is 0 Å². The summed E-state index contributed by atoms with van der Waals surface area (Å²) >= 11 is 0. The van der Waals surface area contributed by atoms with Crippen LogP contribution >= 0.6 is 0 Å². The number of nitrogens with one attached hydrogen (secondary N) is 1. The van der Waals surface area contributed by atoms with Crippen LogP contribution in [0.2, 0.25) is 0 Å². The Labute approximate surface area is 105 Å². The number of aryl methyl sites for hydroxylation is 2. The van der Waals surface area contributed by atoms with Gasteiger partial charge in [0.25, 0.3) is 5.91 Å². The van der Waals surface area contributed by atoms with Gasteiger partial charge in [0.05, 0.1) is 0 Å². The van der Waals surface area contributed by atoms with Gasteiger partial charge < -0.3 is 5.32 Å². The molecular weight excluding hydrogens is 229 g/mol. The van der Waals surface area contributed by atoms with E-state index >= 15 is 0 Å². The zero-order valence-corrected chi connectivity index (χ0v) is 10.3. The fraction of sp³-hybridized carbons (Fsp3) is 0.133. The molecule has 0 spiro atoms. The Morgan fingerprint density at radius 3 is 2.39 bits per heavy atom. The second kappa shape index (κ2) is 5.00. The molecule has 18 heavy (non-hydrogen) atoms. The molecule has 0 aromatic heterocycles. The monoisotopic (exact) mass is 243 g/mol. The normalized spacial score (nSPS) is 10.2. The molecule has 0 heterocycles. The number of hydrogen-bond acceptors (Lipinski definition) is 1. The van der Waals surface area contributed by atoms with Crippen molar-refractivity contribution >= 4 is 11.6 Å². The van der Waals surface area contributed by atoms with Crippen LogP contribution in [-0.4, -0.2) is 5.91 Å². The quantitative estimate of drug-likeness (QED) is 0.856. The van der Waals surface area contributed by atoms with Gasteiger partial charge in [-0.3, -0.25) is 4.79 Å². The number of carbonyl (C=O) groups is 1. The molecular formula is C15H14FNO. The molecule has 2 rings (SSSR count). The standard InChI is InChI=1S/C15H14FNO/c1-10-3-4-11(2)14(9-10)17-15(18)12-5-7-13(16)8-6-12/h3-9H,1-2H3,(H,17,18). The molecule has 0 aliphatic rings. The number of amides is 1. The molecule has 2 nitrogen and oxygen atoms in total. The third-order valence-corrected chi connectivity index (χ3v) is 2.75. The maximum Gasteiger partial charge on any atom is 0.255 e.